The van der Waals surface area contributed by atoms with Crippen LogP contribution in [-0.2, 0) is 22.9 Å². The summed E-state index contributed by atoms with van der Waals surface area (Å²) in [5.41, 5.74) is 3.84. The first-order valence-electron chi connectivity index (χ1n) is 9.74. The molecule has 0 radical (unpaired) electrons. The van der Waals surface area contributed by atoms with Gasteiger partial charge in [-0.2, -0.15) is 0 Å². The van der Waals surface area contributed by atoms with Crippen LogP contribution in [0.5, 0.6) is 0 Å². The number of nitrogens with zero attached hydrogens (tertiary/aromatic N) is 4. The van der Waals surface area contributed by atoms with Gasteiger partial charge in [0.15, 0.2) is 0 Å². The van der Waals surface area contributed by atoms with Crippen molar-refractivity contribution in [1.29, 1.82) is 0 Å². The van der Waals surface area contributed by atoms with Crippen molar-refractivity contribution in [2.24, 2.45) is 0 Å². The molecule has 0 amide bonds. The molecule has 0 atom stereocenters. The zero-order valence-corrected chi connectivity index (χ0v) is 17.9. The van der Waals surface area contributed by atoms with Gasteiger partial charge in [-0.3, -0.25) is 9.13 Å². The molecule has 156 valence electrons. The van der Waals surface area contributed by atoms with E-state index < -0.39 is 9.84 Å². The molecular formula is C22H24N4O3S. The van der Waals surface area contributed by atoms with Crippen LogP contribution >= 0.6 is 0 Å². The van der Waals surface area contributed by atoms with Gasteiger partial charge in [0, 0.05) is 18.5 Å². The molecule has 0 aliphatic rings. The molecule has 4 rings (SSSR count). The van der Waals surface area contributed by atoms with Crippen molar-refractivity contribution in [3.05, 3.63) is 71.4 Å². The van der Waals surface area contributed by atoms with Gasteiger partial charge in [0.2, 0.25) is 0 Å². The highest BCUT2D eigenvalue weighted by Gasteiger charge is 2.17. The lowest BCUT2D eigenvalue weighted by Gasteiger charge is -2.10. The number of sulfone groups is 1. The maximum atomic E-state index is 13.2. The van der Waals surface area contributed by atoms with Gasteiger partial charge in [-0.05, 0) is 37.6 Å². The minimum Gasteiger partial charge on any atom is -0.326 e. The average Bonchev–Trinajstić information content (AvgIpc) is 3.16. The predicted octanol–water partition coefficient (Wildman–Crippen LogP) is 3.13. The molecule has 0 aliphatic carbocycles. The third-order valence-electron chi connectivity index (χ3n) is 5.15. The highest BCUT2D eigenvalue weighted by molar-refractivity contribution is 7.90. The first kappa shape index (κ1) is 20.2. The molecule has 4 aromatic rings. The lowest BCUT2D eigenvalue weighted by atomic mass is 10.3. The Morgan fingerprint density at radius 3 is 2.30 bits per heavy atom. The van der Waals surface area contributed by atoms with E-state index in [1.807, 2.05) is 53.1 Å². The number of allylic oxidation sites excluding steroid dienone is 1. The van der Waals surface area contributed by atoms with Crippen LogP contribution in [0.25, 0.3) is 27.8 Å². The van der Waals surface area contributed by atoms with E-state index in [9.17, 15) is 13.2 Å². The predicted molar refractivity (Wildman–Crippen MR) is 120 cm³/mol. The summed E-state index contributed by atoms with van der Waals surface area (Å²) in [7, 11) is -3.05. The summed E-state index contributed by atoms with van der Waals surface area (Å²) in [5, 5.41) is 0. The SMILES string of the molecule is C=C(C)n1c(=O)n(Cc2nc3ccccc3n2CCCS(C)(=O)=O)c2ccccc21. The van der Waals surface area contributed by atoms with E-state index >= 15 is 0 Å². The smallest absolute Gasteiger partial charge is 0.326 e. The molecule has 0 saturated carbocycles. The van der Waals surface area contributed by atoms with Crippen LogP contribution in [0, 0.1) is 0 Å². The van der Waals surface area contributed by atoms with Gasteiger partial charge in [-0.25, -0.2) is 18.2 Å². The van der Waals surface area contributed by atoms with Crippen LogP contribution in [0.2, 0.25) is 0 Å². The Labute approximate surface area is 174 Å². The number of hydrogen-bond acceptors (Lipinski definition) is 4. The largest absolute Gasteiger partial charge is 0.333 e. The van der Waals surface area contributed by atoms with Crippen molar-refractivity contribution in [2.75, 3.05) is 12.0 Å². The Balaban J connectivity index is 1.82. The van der Waals surface area contributed by atoms with Crippen molar-refractivity contribution >= 4 is 37.6 Å². The minimum atomic E-state index is -3.05. The fraction of sp³-hybridized carbons (Fsp3) is 0.273. The number of para-hydroxylation sites is 4. The molecule has 0 bridgehead atoms. The van der Waals surface area contributed by atoms with Gasteiger partial charge in [-0.1, -0.05) is 30.8 Å². The molecule has 0 saturated heterocycles. The van der Waals surface area contributed by atoms with E-state index in [4.69, 9.17) is 4.98 Å². The second-order valence-electron chi connectivity index (χ2n) is 7.58. The third kappa shape index (κ3) is 3.70. The van der Waals surface area contributed by atoms with Crippen LogP contribution in [-0.4, -0.2) is 39.1 Å². The van der Waals surface area contributed by atoms with Crippen LogP contribution in [0.3, 0.4) is 0 Å². The summed E-state index contributed by atoms with van der Waals surface area (Å²) in [6.07, 6.45) is 1.72. The molecule has 0 unspecified atom stereocenters. The Morgan fingerprint density at radius 2 is 1.63 bits per heavy atom. The second kappa shape index (κ2) is 7.60. The third-order valence-corrected chi connectivity index (χ3v) is 6.18. The molecule has 2 aromatic carbocycles. The number of aryl methyl sites for hydroxylation is 1. The van der Waals surface area contributed by atoms with Crippen LogP contribution in [0.1, 0.15) is 19.2 Å². The lowest BCUT2D eigenvalue weighted by Crippen LogP contribution is -2.25. The first-order valence-corrected chi connectivity index (χ1v) is 11.8. The standard InChI is InChI=1S/C22H24N4O3S/c1-16(2)26-20-12-7-6-11-19(20)25(22(26)27)15-21-23-17-9-4-5-10-18(17)24(21)13-8-14-30(3,28)29/h4-7,9-12H,1,8,13-15H2,2-3H3. The van der Waals surface area contributed by atoms with Gasteiger partial charge in [0.05, 0.1) is 34.4 Å². The summed E-state index contributed by atoms with van der Waals surface area (Å²) in [6, 6.07) is 15.3. The fourth-order valence-corrected chi connectivity index (χ4v) is 4.51. The zero-order chi connectivity index (χ0) is 21.5. The second-order valence-corrected chi connectivity index (χ2v) is 9.84. The molecule has 0 fully saturated rings. The molecule has 30 heavy (non-hydrogen) atoms. The monoisotopic (exact) mass is 424 g/mol. The number of fused-ring (bicyclic) bond motifs is 2. The number of imidazole rings is 2. The molecule has 8 heteroatoms. The van der Waals surface area contributed by atoms with Crippen molar-refractivity contribution in [3.8, 4) is 0 Å². The highest BCUT2D eigenvalue weighted by atomic mass is 32.2. The number of rotatable bonds is 7. The Bertz CT molecular complexity index is 1420. The average molecular weight is 425 g/mol. The Morgan fingerprint density at radius 1 is 1.00 bits per heavy atom. The molecule has 2 heterocycles. The summed E-state index contributed by atoms with van der Waals surface area (Å²) >= 11 is 0. The van der Waals surface area contributed by atoms with E-state index in [2.05, 4.69) is 6.58 Å². The van der Waals surface area contributed by atoms with Crippen molar-refractivity contribution in [2.45, 2.75) is 26.4 Å². The van der Waals surface area contributed by atoms with Crippen molar-refractivity contribution in [3.63, 3.8) is 0 Å². The highest BCUT2D eigenvalue weighted by Crippen LogP contribution is 2.20. The Hall–Kier alpha value is -3.13. The van der Waals surface area contributed by atoms with E-state index in [1.54, 1.807) is 16.1 Å². The van der Waals surface area contributed by atoms with Crippen LogP contribution in [0.4, 0.5) is 0 Å². The molecule has 0 aliphatic heterocycles. The van der Waals surface area contributed by atoms with Crippen molar-refractivity contribution in [1.82, 2.24) is 18.7 Å². The van der Waals surface area contributed by atoms with Crippen LogP contribution in [0.15, 0.2) is 59.9 Å². The summed E-state index contributed by atoms with van der Waals surface area (Å²) < 4.78 is 28.5. The molecule has 2 aromatic heterocycles. The van der Waals surface area contributed by atoms with Gasteiger partial charge < -0.3 is 4.57 Å². The fourth-order valence-electron chi connectivity index (χ4n) is 3.85. The number of hydrogen-bond donors (Lipinski definition) is 0. The molecule has 7 nitrogen and oxygen atoms in total. The maximum Gasteiger partial charge on any atom is 0.333 e. The topological polar surface area (TPSA) is 78.9 Å². The molecule has 0 N–H and O–H groups in total. The van der Waals surface area contributed by atoms with E-state index in [0.717, 1.165) is 27.9 Å². The summed E-state index contributed by atoms with van der Waals surface area (Å²) in [6.45, 7) is 6.54. The normalized spacial score (nSPS) is 12.1. The van der Waals surface area contributed by atoms with Gasteiger partial charge in [0.25, 0.3) is 0 Å². The quantitative estimate of drug-likeness (QED) is 0.457. The molecular weight excluding hydrogens is 400 g/mol. The van der Waals surface area contributed by atoms with Crippen molar-refractivity contribution < 1.29 is 8.42 Å². The minimum absolute atomic E-state index is 0.105. The van der Waals surface area contributed by atoms with Gasteiger partial charge >= 0.3 is 5.69 Å². The van der Waals surface area contributed by atoms with E-state index in [0.29, 0.717) is 18.7 Å². The van der Waals surface area contributed by atoms with E-state index in [1.165, 1.54) is 6.26 Å². The Kier molecular flexibility index (Phi) is 5.11. The molecule has 0 spiro atoms. The number of aromatic nitrogens is 4. The summed E-state index contributed by atoms with van der Waals surface area (Å²) in [4.78, 5) is 17.9. The zero-order valence-electron chi connectivity index (χ0n) is 17.1. The first-order chi connectivity index (χ1) is 14.3. The van der Waals surface area contributed by atoms with Gasteiger partial charge in [0.1, 0.15) is 15.7 Å². The lowest BCUT2D eigenvalue weighted by molar-refractivity contribution is 0.586. The number of benzene rings is 2. The van der Waals surface area contributed by atoms with Gasteiger partial charge in [-0.15, -0.1) is 0 Å². The summed E-state index contributed by atoms with van der Waals surface area (Å²) in [5.74, 6) is 0.824. The maximum absolute atomic E-state index is 13.2. The van der Waals surface area contributed by atoms with E-state index in [-0.39, 0.29) is 18.0 Å². The van der Waals surface area contributed by atoms with Crippen LogP contribution < -0.4 is 5.69 Å².